The summed E-state index contributed by atoms with van der Waals surface area (Å²) in [5.74, 6) is -0.569. The summed E-state index contributed by atoms with van der Waals surface area (Å²) < 4.78 is 104. The Morgan fingerprint density at radius 2 is 1.47 bits per heavy atom. The van der Waals surface area contributed by atoms with Crippen molar-refractivity contribution in [3.05, 3.63) is 71.5 Å². The number of hydrogen-bond acceptors (Lipinski definition) is 4. The second kappa shape index (κ2) is 8.69. The first-order chi connectivity index (χ1) is 14.8. The molecule has 0 saturated carbocycles. The highest BCUT2D eigenvalue weighted by molar-refractivity contribution is 5.71. The maximum atomic E-state index is 13.4. The molecule has 3 aromatic rings. The Morgan fingerprint density at radius 1 is 0.812 bits per heavy atom. The lowest BCUT2D eigenvalue weighted by molar-refractivity contribution is -0.141. The van der Waals surface area contributed by atoms with Crippen molar-refractivity contribution in [3.8, 4) is 11.1 Å². The molecule has 0 amide bonds. The van der Waals surface area contributed by atoms with Crippen LogP contribution in [0.3, 0.4) is 0 Å². The second-order valence-electron chi connectivity index (χ2n) is 6.59. The van der Waals surface area contributed by atoms with Crippen molar-refractivity contribution in [2.45, 2.75) is 24.9 Å². The van der Waals surface area contributed by atoms with Gasteiger partial charge in [0.15, 0.2) is 0 Å². The van der Waals surface area contributed by atoms with Gasteiger partial charge in [-0.2, -0.15) is 26.3 Å². The van der Waals surface area contributed by atoms with Crippen LogP contribution in [0.25, 0.3) is 11.1 Å². The number of hydrogen-bond donors (Lipinski definition) is 2. The molecule has 0 spiro atoms. The van der Waals surface area contributed by atoms with Gasteiger partial charge in [-0.15, -0.1) is 0 Å². The van der Waals surface area contributed by atoms with Crippen LogP contribution < -0.4 is 5.32 Å². The third-order valence-electron chi connectivity index (χ3n) is 4.29. The fourth-order valence-electron chi connectivity index (χ4n) is 2.75. The summed E-state index contributed by atoms with van der Waals surface area (Å²) in [5, 5.41) is 11.7. The first-order valence-corrected chi connectivity index (χ1v) is 8.80. The molecule has 1 atom stereocenters. The zero-order valence-corrected chi connectivity index (χ0v) is 15.7. The largest absolute Gasteiger partial charge is 0.433 e. The Hall–Kier alpha value is -3.28. The Bertz CT molecular complexity index is 1080. The zero-order valence-electron chi connectivity index (χ0n) is 15.7. The van der Waals surface area contributed by atoms with Crippen molar-refractivity contribution in [2.75, 3.05) is 5.32 Å². The molecule has 0 saturated heterocycles. The zero-order chi connectivity index (χ0) is 23.7. The first kappa shape index (κ1) is 23.4. The molecule has 0 unspecified atom stereocenters. The van der Waals surface area contributed by atoms with Gasteiger partial charge in [-0.05, 0) is 41.0 Å². The summed E-state index contributed by atoms with van der Waals surface area (Å²) in [7, 11) is 0. The van der Waals surface area contributed by atoms with Crippen LogP contribution in [0, 0.1) is 0 Å². The number of aliphatic hydroxyl groups is 1. The van der Waals surface area contributed by atoms with Gasteiger partial charge in [0.1, 0.15) is 11.8 Å². The predicted octanol–water partition coefficient (Wildman–Crippen LogP) is 6.22. The number of anilines is 2. The van der Waals surface area contributed by atoms with E-state index in [-0.39, 0.29) is 22.4 Å². The van der Waals surface area contributed by atoms with Crippen LogP contribution in [-0.4, -0.2) is 21.5 Å². The van der Waals surface area contributed by atoms with Gasteiger partial charge in [0, 0.05) is 11.9 Å². The lowest BCUT2D eigenvalue weighted by Gasteiger charge is -2.15. The molecule has 3 rings (SSSR count). The van der Waals surface area contributed by atoms with Crippen LogP contribution in [0.15, 0.2) is 54.7 Å². The van der Waals surface area contributed by atoms with E-state index in [1.807, 2.05) is 0 Å². The third-order valence-corrected chi connectivity index (χ3v) is 4.29. The van der Waals surface area contributed by atoms with Crippen molar-refractivity contribution >= 4 is 11.6 Å². The van der Waals surface area contributed by atoms with Crippen LogP contribution in [-0.2, 0) is 12.4 Å². The molecule has 0 bridgehead atoms. The van der Waals surface area contributed by atoms with E-state index in [2.05, 4.69) is 15.3 Å². The number of aliphatic hydroxyl groups excluding tert-OH is 1. The van der Waals surface area contributed by atoms with E-state index in [0.717, 1.165) is 24.4 Å². The molecule has 2 aromatic carbocycles. The van der Waals surface area contributed by atoms with Gasteiger partial charge in [0.2, 0.25) is 5.95 Å². The summed E-state index contributed by atoms with van der Waals surface area (Å²) in [4.78, 5) is 6.84. The monoisotopic (exact) mass is 463 g/mol. The van der Waals surface area contributed by atoms with Crippen LogP contribution in [0.4, 0.5) is 46.8 Å². The molecule has 170 valence electrons. The van der Waals surface area contributed by atoms with Gasteiger partial charge in [-0.3, -0.25) is 0 Å². The predicted molar refractivity (Wildman–Crippen MR) is 98.2 cm³/mol. The minimum atomic E-state index is -4.78. The number of benzene rings is 2. The number of alkyl halides is 8. The van der Waals surface area contributed by atoms with Crippen LogP contribution in [0.2, 0.25) is 0 Å². The van der Waals surface area contributed by atoms with Gasteiger partial charge in [0.05, 0.1) is 5.56 Å². The van der Waals surface area contributed by atoms with Gasteiger partial charge in [0.25, 0.3) is 6.43 Å². The van der Waals surface area contributed by atoms with Crippen molar-refractivity contribution in [1.82, 2.24) is 9.97 Å². The number of halogens is 8. The summed E-state index contributed by atoms with van der Waals surface area (Å²) >= 11 is 0. The summed E-state index contributed by atoms with van der Waals surface area (Å²) in [6, 6.07) is 8.02. The van der Waals surface area contributed by atoms with E-state index in [0.29, 0.717) is 12.1 Å². The molecule has 1 heterocycles. The van der Waals surface area contributed by atoms with E-state index < -0.39 is 42.1 Å². The summed E-state index contributed by atoms with van der Waals surface area (Å²) in [6.45, 7) is 0. The topological polar surface area (TPSA) is 58.0 Å². The molecule has 4 nitrogen and oxygen atoms in total. The van der Waals surface area contributed by atoms with Crippen molar-refractivity contribution in [3.63, 3.8) is 0 Å². The minimum absolute atomic E-state index is 0.00705. The van der Waals surface area contributed by atoms with Crippen LogP contribution in [0.5, 0.6) is 0 Å². The molecular weight excluding hydrogens is 450 g/mol. The van der Waals surface area contributed by atoms with E-state index in [1.165, 1.54) is 18.2 Å². The lowest BCUT2D eigenvalue weighted by Crippen LogP contribution is -2.10. The highest BCUT2D eigenvalue weighted by Crippen LogP contribution is 2.36. The van der Waals surface area contributed by atoms with Crippen LogP contribution in [0.1, 0.15) is 22.9 Å². The van der Waals surface area contributed by atoms with Gasteiger partial charge in [-0.25, -0.2) is 18.7 Å². The van der Waals surface area contributed by atoms with Crippen LogP contribution >= 0.6 is 0 Å². The van der Waals surface area contributed by atoms with Gasteiger partial charge < -0.3 is 10.4 Å². The lowest BCUT2D eigenvalue weighted by atomic mass is 9.99. The van der Waals surface area contributed by atoms with Crippen molar-refractivity contribution in [1.29, 1.82) is 0 Å². The Morgan fingerprint density at radius 3 is 2.03 bits per heavy atom. The highest BCUT2D eigenvalue weighted by atomic mass is 19.4. The maximum absolute atomic E-state index is 13.4. The molecule has 12 heteroatoms. The fourth-order valence-corrected chi connectivity index (χ4v) is 2.75. The van der Waals surface area contributed by atoms with Gasteiger partial charge >= 0.3 is 12.4 Å². The second-order valence-corrected chi connectivity index (χ2v) is 6.59. The third kappa shape index (κ3) is 5.49. The molecule has 0 aliphatic heterocycles. The molecule has 32 heavy (non-hydrogen) atoms. The van der Waals surface area contributed by atoms with E-state index in [4.69, 9.17) is 0 Å². The molecular formula is C20H13F8N3O. The normalized spacial score (nSPS) is 13.3. The molecule has 0 aliphatic carbocycles. The molecule has 0 radical (unpaired) electrons. The van der Waals surface area contributed by atoms with Crippen molar-refractivity contribution in [2.24, 2.45) is 0 Å². The SMILES string of the molecule is O[C@H](c1ccc(-c2cc(Nc3nccc(C(F)(F)F)n3)cc(C(F)(F)F)c2)cc1)C(F)F. The molecule has 0 aliphatic rings. The fraction of sp³-hybridized carbons (Fsp3) is 0.200. The summed E-state index contributed by atoms with van der Waals surface area (Å²) in [6.07, 6.45) is -13.9. The quantitative estimate of drug-likeness (QED) is 0.441. The van der Waals surface area contributed by atoms with E-state index in [1.54, 1.807) is 0 Å². The highest BCUT2D eigenvalue weighted by Gasteiger charge is 2.33. The first-order valence-electron chi connectivity index (χ1n) is 8.80. The maximum Gasteiger partial charge on any atom is 0.433 e. The van der Waals surface area contributed by atoms with E-state index in [9.17, 15) is 40.2 Å². The number of rotatable bonds is 5. The average molecular weight is 463 g/mol. The standard InChI is InChI=1S/C20H13F8N3O/c21-17(22)16(32)11-3-1-10(2-4-11)12-7-13(19(23,24)25)9-14(8-12)30-18-29-6-5-15(31-18)20(26,27)28/h1-9,16-17,32H,(H,29,30,31)/t16-/m1/s1. The number of nitrogens with one attached hydrogen (secondary N) is 1. The van der Waals surface area contributed by atoms with E-state index >= 15 is 0 Å². The minimum Gasteiger partial charge on any atom is -0.382 e. The average Bonchev–Trinajstić information content (AvgIpc) is 2.72. The Kier molecular flexibility index (Phi) is 6.35. The summed E-state index contributed by atoms with van der Waals surface area (Å²) in [5.41, 5.74) is -2.59. The molecule has 2 N–H and O–H groups in total. The van der Waals surface area contributed by atoms with Gasteiger partial charge in [-0.1, -0.05) is 24.3 Å². The number of nitrogens with zero attached hydrogens (tertiary/aromatic N) is 2. The molecule has 1 aromatic heterocycles. The number of aromatic nitrogens is 2. The Balaban J connectivity index is 1.99. The molecule has 0 fully saturated rings. The Labute approximate surface area is 175 Å². The van der Waals surface area contributed by atoms with Crippen molar-refractivity contribution < 1.29 is 40.2 Å². The smallest absolute Gasteiger partial charge is 0.382 e.